The molecule has 126 valence electrons. The summed E-state index contributed by atoms with van der Waals surface area (Å²) in [6.07, 6.45) is 2.71. The smallest absolute Gasteiger partial charge is 0.237 e. The van der Waals surface area contributed by atoms with E-state index in [0.717, 1.165) is 25.8 Å². The molecule has 0 bridgehead atoms. The standard InChI is InChI=1S/C18H21N3O2S/c1-11(2)17-19-16(20-23-17)13-7-5-9-21(13)18(22)15-10-12-6-3-4-8-14(12)24-15/h3-4,6,8,11,13,15H,5,7,9-10H2,1-2H3/t13-,15-/m1/s1. The topological polar surface area (TPSA) is 59.2 Å². The number of nitrogens with zero attached hydrogens (tertiary/aromatic N) is 3. The molecule has 1 aromatic carbocycles. The molecule has 2 atom stereocenters. The van der Waals surface area contributed by atoms with Gasteiger partial charge in [0.05, 0.1) is 11.3 Å². The SMILES string of the molecule is CC(C)c1nc([C@H]2CCCN2C(=O)[C@H]2Cc3ccccc3S2)no1. The lowest BCUT2D eigenvalue weighted by Gasteiger charge is -2.25. The number of hydrogen-bond acceptors (Lipinski definition) is 5. The minimum Gasteiger partial charge on any atom is -0.339 e. The maximum atomic E-state index is 13.1. The van der Waals surface area contributed by atoms with E-state index in [4.69, 9.17) is 4.52 Å². The Morgan fingerprint density at radius 1 is 1.38 bits per heavy atom. The lowest BCUT2D eigenvalue weighted by Crippen LogP contribution is -2.37. The maximum absolute atomic E-state index is 13.1. The third-order valence-electron chi connectivity index (χ3n) is 4.71. The van der Waals surface area contributed by atoms with Gasteiger partial charge in [0.15, 0.2) is 5.82 Å². The highest BCUT2D eigenvalue weighted by molar-refractivity contribution is 8.01. The number of hydrogen-bond donors (Lipinski definition) is 0. The Morgan fingerprint density at radius 3 is 2.96 bits per heavy atom. The summed E-state index contributed by atoms with van der Waals surface area (Å²) in [5.41, 5.74) is 1.28. The number of fused-ring (bicyclic) bond motifs is 1. The number of thioether (sulfide) groups is 1. The van der Waals surface area contributed by atoms with Gasteiger partial charge < -0.3 is 9.42 Å². The van der Waals surface area contributed by atoms with Gasteiger partial charge in [-0.25, -0.2) is 0 Å². The molecule has 1 saturated heterocycles. The molecule has 0 unspecified atom stereocenters. The van der Waals surface area contributed by atoms with Gasteiger partial charge >= 0.3 is 0 Å². The summed E-state index contributed by atoms with van der Waals surface area (Å²) in [6.45, 7) is 4.84. The monoisotopic (exact) mass is 343 g/mol. The summed E-state index contributed by atoms with van der Waals surface area (Å²) < 4.78 is 5.34. The molecule has 0 spiro atoms. The fourth-order valence-corrected chi connectivity index (χ4v) is 4.69. The molecule has 4 rings (SSSR count). The van der Waals surface area contributed by atoms with E-state index >= 15 is 0 Å². The van der Waals surface area contributed by atoms with Crippen molar-refractivity contribution >= 4 is 17.7 Å². The first-order chi connectivity index (χ1) is 11.6. The summed E-state index contributed by atoms with van der Waals surface area (Å²) in [7, 11) is 0. The predicted octanol–water partition coefficient (Wildman–Crippen LogP) is 3.57. The first kappa shape index (κ1) is 15.7. The second-order valence-corrected chi connectivity index (χ2v) is 8.00. The summed E-state index contributed by atoms with van der Waals surface area (Å²) >= 11 is 1.68. The molecule has 0 radical (unpaired) electrons. The van der Waals surface area contributed by atoms with E-state index in [2.05, 4.69) is 22.3 Å². The first-order valence-electron chi connectivity index (χ1n) is 8.52. The van der Waals surface area contributed by atoms with Crippen molar-refractivity contribution in [1.82, 2.24) is 15.0 Å². The molecule has 1 amide bonds. The van der Waals surface area contributed by atoms with Gasteiger partial charge in [0.25, 0.3) is 0 Å². The number of carbonyl (C=O) groups is 1. The van der Waals surface area contributed by atoms with E-state index in [1.165, 1.54) is 10.5 Å². The Hall–Kier alpha value is -1.82. The van der Waals surface area contributed by atoms with Gasteiger partial charge in [-0.1, -0.05) is 37.2 Å². The van der Waals surface area contributed by atoms with E-state index in [0.29, 0.717) is 11.7 Å². The molecule has 0 N–H and O–H groups in total. The third-order valence-corrected chi connectivity index (χ3v) is 6.01. The molecule has 6 heteroatoms. The Morgan fingerprint density at radius 2 is 2.21 bits per heavy atom. The lowest BCUT2D eigenvalue weighted by atomic mass is 10.1. The zero-order valence-corrected chi connectivity index (χ0v) is 14.8. The number of aromatic nitrogens is 2. The summed E-state index contributed by atoms with van der Waals surface area (Å²) in [5.74, 6) is 1.71. The van der Waals surface area contributed by atoms with Crippen LogP contribution in [-0.2, 0) is 11.2 Å². The Kier molecular flexibility index (Phi) is 4.08. The van der Waals surface area contributed by atoms with Crippen molar-refractivity contribution in [1.29, 1.82) is 0 Å². The second kappa shape index (κ2) is 6.24. The Bertz CT molecular complexity index is 733. The molecule has 24 heavy (non-hydrogen) atoms. The fraction of sp³-hybridized carbons (Fsp3) is 0.500. The summed E-state index contributed by atoms with van der Waals surface area (Å²) in [6, 6.07) is 8.24. The molecule has 2 aliphatic heterocycles. The van der Waals surface area contributed by atoms with Gasteiger partial charge in [0.1, 0.15) is 0 Å². The van der Waals surface area contributed by atoms with Crippen LogP contribution in [0.15, 0.2) is 33.7 Å². The van der Waals surface area contributed by atoms with Crippen LogP contribution in [-0.4, -0.2) is 32.7 Å². The van der Waals surface area contributed by atoms with E-state index in [9.17, 15) is 4.79 Å². The molecule has 1 fully saturated rings. The van der Waals surface area contributed by atoms with E-state index in [-0.39, 0.29) is 23.1 Å². The van der Waals surface area contributed by atoms with E-state index in [1.54, 1.807) is 11.8 Å². The predicted molar refractivity (Wildman–Crippen MR) is 91.9 cm³/mol. The molecular weight excluding hydrogens is 322 g/mol. The molecule has 3 heterocycles. The van der Waals surface area contributed by atoms with Gasteiger partial charge in [0.2, 0.25) is 11.8 Å². The van der Waals surface area contributed by atoms with Crippen LogP contribution in [0.1, 0.15) is 55.9 Å². The van der Waals surface area contributed by atoms with Crippen LogP contribution in [0, 0.1) is 0 Å². The van der Waals surface area contributed by atoms with Crippen LogP contribution in [0.2, 0.25) is 0 Å². The quantitative estimate of drug-likeness (QED) is 0.852. The Labute approximate surface area is 145 Å². The molecular formula is C18H21N3O2S. The van der Waals surface area contributed by atoms with Crippen LogP contribution >= 0.6 is 11.8 Å². The number of benzene rings is 1. The maximum Gasteiger partial charge on any atom is 0.237 e. The van der Waals surface area contributed by atoms with Gasteiger partial charge in [-0.05, 0) is 30.9 Å². The molecule has 0 aliphatic carbocycles. The zero-order valence-electron chi connectivity index (χ0n) is 13.9. The average molecular weight is 343 g/mol. The van der Waals surface area contributed by atoms with Crippen molar-refractivity contribution in [2.75, 3.05) is 6.54 Å². The highest BCUT2D eigenvalue weighted by Gasteiger charge is 2.39. The summed E-state index contributed by atoms with van der Waals surface area (Å²) in [4.78, 5) is 20.8. The van der Waals surface area contributed by atoms with Gasteiger partial charge in [-0.3, -0.25) is 4.79 Å². The van der Waals surface area contributed by atoms with Gasteiger partial charge in [0, 0.05) is 17.4 Å². The number of rotatable bonds is 3. The van der Waals surface area contributed by atoms with Crippen molar-refractivity contribution in [2.45, 2.75) is 55.2 Å². The first-order valence-corrected chi connectivity index (χ1v) is 9.40. The molecule has 0 saturated carbocycles. The molecule has 2 aliphatic rings. The van der Waals surface area contributed by atoms with E-state index in [1.807, 2.05) is 30.9 Å². The van der Waals surface area contributed by atoms with Crippen molar-refractivity contribution < 1.29 is 9.32 Å². The van der Waals surface area contributed by atoms with Crippen LogP contribution in [0.3, 0.4) is 0 Å². The summed E-state index contributed by atoms with van der Waals surface area (Å²) in [5, 5.41) is 4.10. The van der Waals surface area contributed by atoms with Gasteiger partial charge in [-0.15, -0.1) is 11.8 Å². The Balaban J connectivity index is 1.51. The minimum absolute atomic E-state index is 0.0283. The van der Waals surface area contributed by atoms with Crippen molar-refractivity contribution in [3.8, 4) is 0 Å². The fourth-order valence-electron chi connectivity index (χ4n) is 3.42. The minimum atomic E-state index is -0.0435. The lowest BCUT2D eigenvalue weighted by molar-refractivity contribution is -0.131. The van der Waals surface area contributed by atoms with E-state index < -0.39 is 0 Å². The van der Waals surface area contributed by atoms with Crippen LogP contribution in [0.5, 0.6) is 0 Å². The number of amides is 1. The normalized spacial score (nSPS) is 23.0. The molecule has 1 aromatic heterocycles. The van der Waals surface area contributed by atoms with Crippen molar-refractivity contribution in [3.63, 3.8) is 0 Å². The third kappa shape index (κ3) is 2.73. The number of likely N-dealkylation sites (tertiary alicyclic amines) is 1. The molecule has 5 nitrogen and oxygen atoms in total. The van der Waals surface area contributed by atoms with Crippen molar-refractivity contribution in [2.24, 2.45) is 0 Å². The zero-order chi connectivity index (χ0) is 16.7. The van der Waals surface area contributed by atoms with Crippen LogP contribution in [0.4, 0.5) is 0 Å². The second-order valence-electron chi connectivity index (χ2n) is 6.75. The van der Waals surface area contributed by atoms with Crippen molar-refractivity contribution in [3.05, 3.63) is 41.5 Å². The highest BCUT2D eigenvalue weighted by Crippen LogP contribution is 2.40. The average Bonchev–Trinajstić information content (AvgIpc) is 3.30. The van der Waals surface area contributed by atoms with Gasteiger partial charge in [-0.2, -0.15) is 4.98 Å². The number of carbonyl (C=O) groups excluding carboxylic acids is 1. The van der Waals surface area contributed by atoms with Crippen LogP contribution < -0.4 is 0 Å². The largest absolute Gasteiger partial charge is 0.339 e. The van der Waals surface area contributed by atoms with Crippen LogP contribution in [0.25, 0.3) is 0 Å². The molecule has 2 aromatic rings. The highest BCUT2D eigenvalue weighted by atomic mass is 32.2.